The summed E-state index contributed by atoms with van der Waals surface area (Å²) in [6.45, 7) is -1.26. The third kappa shape index (κ3) is 13.5. The molecule has 22 nitrogen and oxygen atoms in total. The van der Waals surface area contributed by atoms with Crippen molar-refractivity contribution in [3.63, 3.8) is 0 Å². The highest BCUT2D eigenvalue weighted by Gasteiger charge is 2.27. The minimum atomic E-state index is -1.69. The van der Waals surface area contributed by atoms with Crippen molar-refractivity contribution in [1.82, 2.24) is 40.0 Å². The third-order valence-corrected chi connectivity index (χ3v) is 6.42. The van der Waals surface area contributed by atoms with Gasteiger partial charge < -0.3 is 55.4 Å². The van der Waals surface area contributed by atoms with E-state index in [0.29, 0.717) is 0 Å². The van der Waals surface area contributed by atoms with Crippen LogP contribution in [0.5, 0.6) is 0 Å². The maximum atomic E-state index is 12.8. The topological polar surface area (TPSA) is 322 Å². The first-order chi connectivity index (χ1) is 22.7. The highest BCUT2D eigenvalue weighted by atomic mass is 16.5. The molecular weight excluding hydrogens is 648 g/mol. The minimum Gasteiger partial charge on any atom is -0.481 e. The summed E-state index contributed by atoms with van der Waals surface area (Å²) >= 11 is 0. The Morgan fingerprint density at radius 1 is 0.750 bits per heavy atom. The minimum absolute atomic E-state index is 0.0368. The predicted molar refractivity (Wildman–Crippen MR) is 154 cm³/mol. The summed E-state index contributed by atoms with van der Waals surface area (Å²) in [5, 5.41) is 52.2. The van der Waals surface area contributed by atoms with Crippen LogP contribution in [0.3, 0.4) is 0 Å². The van der Waals surface area contributed by atoms with Gasteiger partial charge in [-0.2, -0.15) is 0 Å². The van der Waals surface area contributed by atoms with Gasteiger partial charge in [0.25, 0.3) is 6.47 Å². The van der Waals surface area contributed by atoms with Crippen molar-refractivity contribution in [3.05, 3.63) is 36.4 Å². The van der Waals surface area contributed by atoms with Crippen LogP contribution in [0.1, 0.15) is 37.3 Å². The van der Waals surface area contributed by atoms with Gasteiger partial charge in [-0.1, -0.05) is 0 Å². The lowest BCUT2D eigenvalue weighted by molar-refractivity contribution is -0.142. The van der Waals surface area contributed by atoms with Crippen LogP contribution < -0.4 is 16.0 Å². The Morgan fingerprint density at radius 3 is 1.65 bits per heavy atom. The quantitative estimate of drug-likeness (QED) is 0.0452. The largest absolute Gasteiger partial charge is 0.481 e. The monoisotopic (exact) mass is 682 g/mol. The summed E-state index contributed by atoms with van der Waals surface area (Å²) in [6, 6.07) is -4.55. The van der Waals surface area contributed by atoms with Gasteiger partial charge in [0.05, 0.1) is 19.6 Å². The second-order valence-electron chi connectivity index (χ2n) is 10.1. The van der Waals surface area contributed by atoms with Crippen molar-refractivity contribution in [2.45, 2.75) is 70.2 Å². The number of nitrogens with zero attached hydrogens (tertiary/aromatic N) is 5. The Hall–Kier alpha value is -6.06. The van der Waals surface area contributed by atoms with E-state index >= 15 is 0 Å². The first-order valence-electron chi connectivity index (χ1n) is 14.0. The number of imidazole rings is 2. The van der Waals surface area contributed by atoms with Gasteiger partial charge in [0.1, 0.15) is 36.8 Å². The first kappa shape index (κ1) is 38.1. The van der Waals surface area contributed by atoms with Crippen LogP contribution in [-0.2, 0) is 64.5 Å². The van der Waals surface area contributed by atoms with Gasteiger partial charge in [0.15, 0.2) is 6.23 Å². The zero-order chi connectivity index (χ0) is 35.8. The highest BCUT2D eigenvalue weighted by Crippen LogP contribution is 2.11. The van der Waals surface area contributed by atoms with Crippen LogP contribution in [0, 0.1) is 0 Å². The molecule has 22 heteroatoms. The van der Waals surface area contributed by atoms with Crippen molar-refractivity contribution < 1.29 is 68.6 Å². The maximum absolute atomic E-state index is 12.8. The number of rotatable bonds is 23. The number of aliphatic carboxylic acids is 5. The fourth-order valence-corrected chi connectivity index (χ4v) is 4.24. The molecule has 2 aromatic rings. The van der Waals surface area contributed by atoms with Crippen LogP contribution in [0.2, 0.25) is 0 Å². The summed E-state index contributed by atoms with van der Waals surface area (Å²) in [4.78, 5) is 102. The van der Waals surface area contributed by atoms with E-state index in [4.69, 9.17) is 9.84 Å². The summed E-state index contributed by atoms with van der Waals surface area (Å²) < 4.78 is 7.66. The van der Waals surface area contributed by atoms with Crippen molar-refractivity contribution in [1.29, 1.82) is 0 Å². The Balaban J connectivity index is 2.13. The molecule has 0 bridgehead atoms. The number of carboxylic acid groups (broad SMARTS) is 5. The Morgan fingerprint density at radius 2 is 1.23 bits per heavy atom. The number of nitrogens with one attached hydrogen (secondary N) is 3. The van der Waals surface area contributed by atoms with Crippen LogP contribution in [0.25, 0.3) is 0 Å². The zero-order valence-electron chi connectivity index (χ0n) is 25.1. The van der Waals surface area contributed by atoms with Crippen LogP contribution in [0.4, 0.5) is 4.79 Å². The average Bonchev–Trinajstić information content (AvgIpc) is 3.60. The van der Waals surface area contributed by atoms with Crippen molar-refractivity contribution in [3.8, 4) is 0 Å². The summed E-state index contributed by atoms with van der Waals surface area (Å²) in [5.41, 5.74) is 0. The molecule has 3 atom stereocenters. The molecule has 2 rings (SSSR count). The molecule has 0 fully saturated rings. The van der Waals surface area contributed by atoms with Crippen molar-refractivity contribution in [2.24, 2.45) is 0 Å². The second-order valence-corrected chi connectivity index (χ2v) is 10.1. The number of urea groups is 1. The number of carbonyl (C=O) groups is 8. The van der Waals surface area contributed by atoms with E-state index in [1.807, 2.05) is 10.6 Å². The van der Waals surface area contributed by atoms with Crippen LogP contribution >= 0.6 is 0 Å². The normalized spacial score (nSPS) is 12.7. The Bertz CT molecular complexity index is 1420. The van der Waals surface area contributed by atoms with Gasteiger partial charge in [-0.3, -0.25) is 28.9 Å². The van der Waals surface area contributed by atoms with Crippen LogP contribution in [-0.4, -0.2) is 123 Å². The summed E-state index contributed by atoms with van der Waals surface area (Å²) in [7, 11) is 0. The molecule has 0 aliphatic heterocycles. The number of aromatic nitrogens is 4. The Labute approximate surface area is 270 Å². The number of carbonyl (C=O) groups excluding carboxylic acids is 3. The number of amides is 3. The van der Waals surface area contributed by atoms with Gasteiger partial charge in [-0.25, -0.2) is 24.4 Å². The first-order valence-corrected chi connectivity index (χ1v) is 14.0. The zero-order valence-corrected chi connectivity index (χ0v) is 25.1. The predicted octanol–water partition coefficient (Wildman–Crippen LogP) is -2.28. The fourth-order valence-electron chi connectivity index (χ4n) is 4.24. The van der Waals surface area contributed by atoms with E-state index in [-0.39, 0.29) is 37.8 Å². The molecule has 8 N–H and O–H groups in total. The smallest absolute Gasteiger partial charge is 0.326 e. The van der Waals surface area contributed by atoms with E-state index < -0.39 is 98.9 Å². The molecule has 0 aliphatic rings. The van der Waals surface area contributed by atoms with Gasteiger partial charge >= 0.3 is 35.9 Å². The molecular formula is C26H34N8O14. The van der Waals surface area contributed by atoms with Crippen LogP contribution in [0.15, 0.2) is 24.8 Å². The van der Waals surface area contributed by atoms with E-state index in [2.05, 4.69) is 15.3 Å². The van der Waals surface area contributed by atoms with Gasteiger partial charge in [-0.15, -0.1) is 0 Å². The fraction of sp³-hybridized carbons (Fsp3) is 0.462. The lowest BCUT2D eigenvalue weighted by atomic mass is 10.1. The third-order valence-electron chi connectivity index (χ3n) is 6.42. The molecule has 2 aromatic heterocycles. The molecule has 2 heterocycles. The van der Waals surface area contributed by atoms with E-state index in [1.165, 1.54) is 38.8 Å². The maximum Gasteiger partial charge on any atom is 0.326 e. The van der Waals surface area contributed by atoms with Gasteiger partial charge in [0, 0.05) is 37.6 Å². The molecule has 48 heavy (non-hydrogen) atoms. The molecule has 0 radical (unpaired) electrons. The number of hydrogen-bond donors (Lipinski definition) is 8. The standard InChI is InChI=1S/C26H34N8O14/c35-14-48-20(31-19(36)3-1-15(24(43)44)29-26(47)30-16(25(45)46)2-4-21(37)38)11-32(9-17-27-5-7-33(17)12-22(39)40)10-18-28-6-8-34(18)13-23(41)42/h5-8,14-16,20H,1-4,9-13H2,(H,31,36)(H,37,38)(H,39,40)(H,41,42)(H,43,44)(H,45,46)(H2,29,30,47)/t15-,16-,20?/m0/s1. The second kappa shape index (κ2) is 18.8. The molecule has 0 aromatic carbocycles. The lowest BCUT2D eigenvalue weighted by Gasteiger charge is -2.27. The molecule has 0 spiro atoms. The van der Waals surface area contributed by atoms with Gasteiger partial charge in [0.2, 0.25) is 5.91 Å². The summed E-state index contributed by atoms with van der Waals surface area (Å²) in [5.74, 6) is -7.07. The van der Waals surface area contributed by atoms with Crippen molar-refractivity contribution in [2.75, 3.05) is 6.54 Å². The van der Waals surface area contributed by atoms with E-state index in [1.54, 1.807) is 0 Å². The Kier molecular flexibility index (Phi) is 14.9. The number of carboxylic acids is 5. The molecule has 0 saturated heterocycles. The SMILES string of the molecule is O=COC(CN(Cc1nccn1CC(=O)O)Cc1nccn1CC(=O)O)NC(=O)CC[C@H](NC(=O)N[C@@H](CCC(=O)O)C(=O)O)C(=O)O. The molecule has 3 amide bonds. The van der Waals surface area contributed by atoms with E-state index in [9.17, 15) is 58.8 Å². The molecule has 262 valence electrons. The summed E-state index contributed by atoms with van der Waals surface area (Å²) in [6.07, 6.45) is 2.07. The van der Waals surface area contributed by atoms with E-state index in [0.717, 1.165) is 0 Å². The number of hydrogen-bond acceptors (Lipinski definition) is 12. The highest BCUT2D eigenvalue weighted by molar-refractivity contribution is 5.86. The molecule has 0 saturated carbocycles. The van der Waals surface area contributed by atoms with Crippen molar-refractivity contribution >= 4 is 48.3 Å². The molecule has 1 unspecified atom stereocenters. The number of ether oxygens (including phenoxy) is 1. The van der Waals surface area contributed by atoms with Gasteiger partial charge in [-0.05, 0) is 12.8 Å². The average molecular weight is 683 g/mol. The molecule has 0 aliphatic carbocycles. The lowest BCUT2D eigenvalue weighted by Crippen LogP contribution is -2.51.